The number of hydrogen-bond donors (Lipinski definition) is 1. The summed E-state index contributed by atoms with van der Waals surface area (Å²) in [6.07, 6.45) is 1.86. The van der Waals surface area contributed by atoms with Crippen LogP contribution in [0.15, 0.2) is 42.5 Å². The zero-order valence-electron chi connectivity index (χ0n) is 14.2. The number of halogens is 1. The van der Waals surface area contributed by atoms with Gasteiger partial charge in [0.2, 0.25) is 0 Å². The van der Waals surface area contributed by atoms with Gasteiger partial charge >= 0.3 is 0 Å². The SMILES string of the molecule is O=C(c1ccc2n[nH]nc2c1)N1CCC[C@@H](COc2ccccc2F)C1. The summed E-state index contributed by atoms with van der Waals surface area (Å²) in [6.45, 7) is 1.71. The topological polar surface area (TPSA) is 71.1 Å². The van der Waals surface area contributed by atoms with Crippen LogP contribution in [0.1, 0.15) is 23.2 Å². The number of aromatic amines is 1. The Labute approximate surface area is 150 Å². The molecule has 0 aliphatic carbocycles. The van der Waals surface area contributed by atoms with Crippen molar-refractivity contribution in [3.63, 3.8) is 0 Å². The molecule has 1 N–H and O–H groups in total. The fourth-order valence-corrected chi connectivity index (χ4v) is 3.31. The molecule has 6 nitrogen and oxygen atoms in total. The van der Waals surface area contributed by atoms with E-state index >= 15 is 0 Å². The Morgan fingerprint density at radius 3 is 2.96 bits per heavy atom. The molecule has 7 heteroatoms. The zero-order chi connectivity index (χ0) is 17.9. The first kappa shape index (κ1) is 16.5. The lowest BCUT2D eigenvalue weighted by Gasteiger charge is -2.32. The van der Waals surface area contributed by atoms with Gasteiger partial charge in [0.15, 0.2) is 11.6 Å². The van der Waals surface area contributed by atoms with Crippen molar-refractivity contribution < 1.29 is 13.9 Å². The Bertz CT molecular complexity index is 927. The summed E-state index contributed by atoms with van der Waals surface area (Å²) in [6, 6.07) is 11.7. The number of nitrogens with one attached hydrogen (secondary N) is 1. The quantitative estimate of drug-likeness (QED) is 0.782. The number of hydrogen-bond acceptors (Lipinski definition) is 4. The third-order valence-electron chi connectivity index (χ3n) is 4.68. The number of fused-ring (bicyclic) bond motifs is 1. The molecule has 2 aromatic carbocycles. The van der Waals surface area contributed by atoms with Crippen LogP contribution in [0, 0.1) is 11.7 Å². The Morgan fingerprint density at radius 1 is 1.23 bits per heavy atom. The van der Waals surface area contributed by atoms with Gasteiger partial charge in [-0.15, -0.1) is 0 Å². The van der Waals surface area contributed by atoms with Crippen molar-refractivity contribution in [1.82, 2.24) is 20.3 Å². The maximum atomic E-state index is 13.7. The number of piperidine rings is 1. The van der Waals surface area contributed by atoms with E-state index in [0.717, 1.165) is 18.4 Å². The van der Waals surface area contributed by atoms with Crippen molar-refractivity contribution in [2.75, 3.05) is 19.7 Å². The van der Waals surface area contributed by atoms with E-state index < -0.39 is 0 Å². The predicted molar refractivity (Wildman–Crippen MR) is 94.4 cm³/mol. The fourth-order valence-electron chi connectivity index (χ4n) is 3.31. The molecule has 3 aromatic rings. The molecule has 1 amide bonds. The lowest BCUT2D eigenvalue weighted by molar-refractivity contribution is 0.0631. The van der Waals surface area contributed by atoms with Gasteiger partial charge in [-0.2, -0.15) is 15.4 Å². The van der Waals surface area contributed by atoms with Gasteiger partial charge in [0.1, 0.15) is 11.0 Å². The first-order valence-corrected chi connectivity index (χ1v) is 8.68. The smallest absolute Gasteiger partial charge is 0.253 e. The Balaban J connectivity index is 1.41. The lowest BCUT2D eigenvalue weighted by atomic mass is 9.98. The number of likely N-dealkylation sites (tertiary alicyclic amines) is 1. The molecule has 0 spiro atoms. The number of ether oxygens (including phenoxy) is 1. The van der Waals surface area contributed by atoms with Crippen molar-refractivity contribution in [2.24, 2.45) is 5.92 Å². The number of nitrogens with zero attached hydrogens (tertiary/aromatic N) is 3. The Morgan fingerprint density at radius 2 is 2.08 bits per heavy atom. The number of para-hydroxylation sites is 1. The highest BCUT2D eigenvalue weighted by molar-refractivity contribution is 5.97. The average molecular weight is 354 g/mol. The highest BCUT2D eigenvalue weighted by atomic mass is 19.1. The minimum atomic E-state index is -0.364. The number of aromatic nitrogens is 3. The van der Waals surface area contributed by atoms with Gasteiger partial charge in [-0.25, -0.2) is 4.39 Å². The summed E-state index contributed by atoms with van der Waals surface area (Å²) in [5.74, 6) is 0.0539. The Kier molecular flexibility index (Phi) is 4.51. The third-order valence-corrected chi connectivity index (χ3v) is 4.68. The summed E-state index contributed by atoms with van der Waals surface area (Å²) in [5, 5.41) is 10.6. The van der Waals surface area contributed by atoms with E-state index in [9.17, 15) is 9.18 Å². The molecule has 0 saturated carbocycles. The molecule has 1 atom stereocenters. The molecular weight excluding hydrogens is 335 g/mol. The van der Waals surface area contributed by atoms with Crippen LogP contribution in [0.5, 0.6) is 5.75 Å². The molecule has 1 saturated heterocycles. The number of carbonyl (C=O) groups excluding carboxylic acids is 1. The third kappa shape index (κ3) is 3.37. The molecule has 0 radical (unpaired) electrons. The second-order valence-electron chi connectivity index (χ2n) is 6.53. The molecule has 26 heavy (non-hydrogen) atoms. The normalized spacial score (nSPS) is 17.4. The van der Waals surface area contributed by atoms with Gasteiger partial charge in [0, 0.05) is 24.6 Å². The molecule has 1 aliphatic heterocycles. The predicted octanol–water partition coefficient (Wildman–Crippen LogP) is 3.03. The van der Waals surface area contributed by atoms with Crippen molar-refractivity contribution in [1.29, 1.82) is 0 Å². The summed E-state index contributed by atoms with van der Waals surface area (Å²) >= 11 is 0. The largest absolute Gasteiger partial charge is 0.490 e. The van der Waals surface area contributed by atoms with E-state index in [1.165, 1.54) is 6.07 Å². The maximum Gasteiger partial charge on any atom is 0.253 e. The van der Waals surface area contributed by atoms with Crippen molar-refractivity contribution >= 4 is 16.9 Å². The van der Waals surface area contributed by atoms with Crippen molar-refractivity contribution in [3.8, 4) is 5.75 Å². The number of benzene rings is 2. The van der Waals surface area contributed by atoms with Crippen LogP contribution in [-0.4, -0.2) is 45.9 Å². The summed E-state index contributed by atoms with van der Waals surface area (Å²) in [5.41, 5.74) is 2.01. The molecule has 2 heterocycles. The number of carbonyl (C=O) groups is 1. The number of rotatable bonds is 4. The highest BCUT2D eigenvalue weighted by Crippen LogP contribution is 2.22. The van der Waals surface area contributed by atoms with Gasteiger partial charge in [0.05, 0.1) is 6.61 Å². The number of H-pyrrole nitrogens is 1. The van der Waals surface area contributed by atoms with Crippen molar-refractivity contribution in [2.45, 2.75) is 12.8 Å². The monoisotopic (exact) mass is 354 g/mol. The molecule has 0 unspecified atom stereocenters. The van der Waals surface area contributed by atoms with Gasteiger partial charge in [0.25, 0.3) is 5.91 Å². The van der Waals surface area contributed by atoms with Crippen LogP contribution in [0.4, 0.5) is 4.39 Å². The average Bonchev–Trinajstić information content (AvgIpc) is 3.15. The number of amides is 1. The van der Waals surface area contributed by atoms with Crippen molar-refractivity contribution in [3.05, 3.63) is 53.8 Å². The molecule has 1 aliphatic rings. The molecule has 4 rings (SSSR count). The van der Waals surface area contributed by atoms with Gasteiger partial charge in [-0.3, -0.25) is 4.79 Å². The summed E-state index contributed by atoms with van der Waals surface area (Å²) in [4.78, 5) is 14.6. The Hall–Kier alpha value is -2.96. The standard InChI is InChI=1S/C19H19FN4O2/c20-15-5-1-2-6-18(15)26-12-13-4-3-9-24(11-13)19(25)14-7-8-16-17(10-14)22-23-21-16/h1-2,5-8,10,13H,3-4,9,11-12H2,(H,21,22,23)/t13-/m1/s1. The molecular formula is C19H19FN4O2. The zero-order valence-corrected chi connectivity index (χ0v) is 14.2. The first-order valence-electron chi connectivity index (χ1n) is 8.68. The van der Waals surface area contributed by atoms with E-state index in [1.807, 2.05) is 4.90 Å². The second-order valence-corrected chi connectivity index (χ2v) is 6.53. The van der Waals surface area contributed by atoms with Crippen LogP contribution in [0.2, 0.25) is 0 Å². The molecule has 1 aromatic heterocycles. The van der Waals surface area contributed by atoms with E-state index in [2.05, 4.69) is 15.4 Å². The van der Waals surface area contributed by atoms with Crippen LogP contribution < -0.4 is 4.74 Å². The maximum absolute atomic E-state index is 13.7. The van der Waals surface area contributed by atoms with Crippen LogP contribution in [0.3, 0.4) is 0 Å². The summed E-state index contributed by atoms with van der Waals surface area (Å²) < 4.78 is 19.3. The second kappa shape index (κ2) is 7.11. The molecule has 1 fully saturated rings. The van der Waals surface area contributed by atoms with Crippen LogP contribution in [0.25, 0.3) is 11.0 Å². The van der Waals surface area contributed by atoms with E-state index in [1.54, 1.807) is 36.4 Å². The minimum absolute atomic E-state index is 0.0227. The van der Waals surface area contributed by atoms with Gasteiger partial charge in [-0.1, -0.05) is 12.1 Å². The minimum Gasteiger partial charge on any atom is -0.490 e. The van der Waals surface area contributed by atoms with E-state index in [4.69, 9.17) is 4.74 Å². The van der Waals surface area contributed by atoms with E-state index in [-0.39, 0.29) is 23.4 Å². The van der Waals surface area contributed by atoms with E-state index in [0.29, 0.717) is 30.8 Å². The summed E-state index contributed by atoms with van der Waals surface area (Å²) in [7, 11) is 0. The fraction of sp³-hybridized carbons (Fsp3) is 0.316. The van der Waals surface area contributed by atoms with Crippen LogP contribution in [-0.2, 0) is 0 Å². The van der Waals surface area contributed by atoms with Gasteiger partial charge < -0.3 is 9.64 Å². The van der Waals surface area contributed by atoms with Gasteiger partial charge in [-0.05, 0) is 43.2 Å². The lowest BCUT2D eigenvalue weighted by Crippen LogP contribution is -2.41. The molecule has 0 bridgehead atoms. The van der Waals surface area contributed by atoms with Crippen LogP contribution >= 0.6 is 0 Å². The molecule has 134 valence electrons. The first-order chi connectivity index (χ1) is 12.7. The highest BCUT2D eigenvalue weighted by Gasteiger charge is 2.25.